The van der Waals surface area contributed by atoms with E-state index in [1.54, 1.807) is 6.92 Å². The van der Waals surface area contributed by atoms with Gasteiger partial charge in [0, 0.05) is 11.1 Å². The molecule has 1 aromatic carbocycles. The Labute approximate surface area is 149 Å². The van der Waals surface area contributed by atoms with E-state index in [1.165, 1.54) is 10.9 Å². The number of nitrogens with zero attached hydrogens (tertiary/aromatic N) is 3. The zero-order valence-corrected chi connectivity index (χ0v) is 14.4. The summed E-state index contributed by atoms with van der Waals surface area (Å²) in [6.07, 6.45) is 3.90. The molecule has 1 N–H and O–H groups in total. The van der Waals surface area contributed by atoms with Crippen LogP contribution in [0, 0.1) is 0 Å². The molecule has 7 nitrogen and oxygen atoms in total. The van der Waals surface area contributed by atoms with E-state index in [4.69, 9.17) is 4.74 Å². The molecular weight excluding hydrogens is 332 g/mol. The van der Waals surface area contributed by atoms with Crippen molar-refractivity contribution in [2.24, 2.45) is 0 Å². The molecule has 0 spiro atoms. The minimum Gasteiger partial charge on any atom is -0.462 e. The first kappa shape index (κ1) is 16.3. The molecule has 0 radical (unpaired) electrons. The molecule has 0 unspecified atom stereocenters. The number of nitrogens with one attached hydrogen (secondary N) is 1. The molecule has 0 amide bonds. The Morgan fingerprint density at radius 3 is 2.85 bits per heavy atom. The number of carbonyl (C=O) groups excluding carboxylic acids is 1. The van der Waals surface area contributed by atoms with E-state index in [-0.39, 0.29) is 12.2 Å². The van der Waals surface area contributed by atoms with Crippen molar-refractivity contribution in [1.82, 2.24) is 19.7 Å². The lowest BCUT2D eigenvalue weighted by Crippen LogP contribution is -2.19. The number of benzene rings is 1. The quantitative estimate of drug-likeness (QED) is 0.729. The summed E-state index contributed by atoms with van der Waals surface area (Å²) in [5.74, 6) is -0.147. The Kier molecular flexibility index (Phi) is 4.12. The van der Waals surface area contributed by atoms with E-state index in [1.807, 2.05) is 30.3 Å². The van der Waals surface area contributed by atoms with Crippen molar-refractivity contribution in [2.75, 3.05) is 6.61 Å². The fraction of sp³-hybridized carbons (Fsp3) is 0.263. The smallest absolute Gasteiger partial charge is 0.342 e. The van der Waals surface area contributed by atoms with Crippen LogP contribution in [0.1, 0.15) is 35.0 Å². The maximum atomic E-state index is 12.4. The number of ether oxygens (including phenoxy) is 1. The number of esters is 1. The second-order valence-corrected chi connectivity index (χ2v) is 6.07. The van der Waals surface area contributed by atoms with Crippen LogP contribution in [0.4, 0.5) is 0 Å². The third-order valence-electron chi connectivity index (χ3n) is 4.44. The molecule has 1 aliphatic rings. The van der Waals surface area contributed by atoms with Gasteiger partial charge in [-0.1, -0.05) is 30.3 Å². The standard InChI is InChI=1S/C19H18N4O3/c1-2-26-18(25)14-11-20-23(16(14)12-7-4-3-5-8-12)19-21-15-10-6-9-13(15)17(24)22-19/h3-5,7-8,11H,2,6,9-10H2,1H3,(H,21,22,24). The number of hydrogen-bond donors (Lipinski definition) is 1. The van der Waals surface area contributed by atoms with Gasteiger partial charge in [0.25, 0.3) is 5.56 Å². The van der Waals surface area contributed by atoms with Crippen LogP contribution >= 0.6 is 0 Å². The molecule has 0 bridgehead atoms. The Morgan fingerprint density at radius 2 is 2.08 bits per heavy atom. The Bertz CT molecular complexity index is 1020. The average molecular weight is 350 g/mol. The summed E-state index contributed by atoms with van der Waals surface area (Å²) in [6, 6.07) is 9.40. The van der Waals surface area contributed by atoms with Crippen LogP contribution in [0.2, 0.25) is 0 Å². The highest BCUT2D eigenvalue weighted by Crippen LogP contribution is 2.26. The van der Waals surface area contributed by atoms with Gasteiger partial charge in [-0.05, 0) is 26.2 Å². The Hall–Kier alpha value is -3.22. The number of aryl methyl sites for hydroxylation is 1. The van der Waals surface area contributed by atoms with Crippen LogP contribution in [-0.2, 0) is 17.6 Å². The largest absolute Gasteiger partial charge is 0.462 e. The van der Waals surface area contributed by atoms with Crippen LogP contribution in [0.3, 0.4) is 0 Å². The second-order valence-electron chi connectivity index (χ2n) is 6.07. The van der Waals surface area contributed by atoms with Gasteiger partial charge in [0.05, 0.1) is 24.2 Å². The molecule has 2 aromatic heterocycles. The minimum atomic E-state index is -0.457. The average Bonchev–Trinajstić information content (AvgIpc) is 3.29. The number of aromatic nitrogens is 4. The van der Waals surface area contributed by atoms with Crippen LogP contribution < -0.4 is 5.56 Å². The number of fused-ring (bicyclic) bond motifs is 1. The molecule has 0 saturated carbocycles. The summed E-state index contributed by atoms with van der Waals surface area (Å²) in [6.45, 7) is 2.02. The van der Waals surface area contributed by atoms with Gasteiger partial charge in [0.1, 0.15) is 5.56 Å². The lowest BCUT2D eigenvalue weighted by Gasteiger charge is -2.10. The van der Waals surface area contributed by atoms with Crippen molar-refractivity contribution in [1.29, 1.82) is 0 Å². The van der Waals surface area contributed by atoms with Gasteiger partial charge in [-0.3, -0.25) is 9.78 Å². The molecule has 7 heteroatoms. The van der Waals surface area contributed by atoms with Crippen molar-refractivity contribution >= 4 is 5.97 Å². The topological polar surface area (TPSA) is 89.9 Å². The number of aromatic amines is 1. The van der Waals surface area contributed by atoms with Crippen molar-refractivity contribution < 1.29 is 9.53 Å². The highest BCUT2D eigenvalue weighted by molar-refractivity contribution is 5.96. The van der Waals surface area contributed by atoms with Crippen LogP contribution in [0.15, 0.2) is 41.3 Å². The summed E-state index contributed by atoms with van der Waals surface area (Å²) < 4.78 is 6.65. The summed E-state index contributed by atoms with van der Waals surface area (Å²) in [5, 5.41) is 4.32. The predicted molar refractivity (Wildman–Crippen MR) is 95.4 cm³/mol. The minimum absolute atomic E-state index is 0.144. The van der Waals surface area contributed by atoms with Gasteiger partial charge >= 0.3 is 5.97 Å². The van der Waals surface area contributed by atoms with E-state index in [0.717, 1.165) is 36.1 Å². The first-order valence-corrected chi connectivity index (χ1v) is 8.62. The van der Waals surface area contributed by atoms with E-state index < -0.39 is 5.97 Å². The second kappa shape index (κ2) is 6.59. The van der Waals surface area contributed by atoms with Gasteiger partial charge in [0.2, 0.25) is 5.95 Å². The maximum Gasteiger partial charge on any atom is 0.342 e. The van der Waals surface area contributed by atoms with E-state index in [2.05, 4.69) is 15.1 Å². The monoisotopic (exact) mass is 350 g/mol. The van der Waals surface area contributed by atoms with Gasteiger partial charge in [0.15, 0.2) is 0 Å². The highest BCUT2D eigenvalue weighted by Gasteiger charge is 2.24. The molecule has 26 heavy (non-hydrogen) atoms. The molecule has 0 aliphatic heterocycles. The van der Waals surface area contributed by atoms with Crippen molar-refractivity contribution in [3.63, 3.8) is 0 Å². The number of carbonyl (C=O) groups is 1. The first-order valence-electron chi connectivity index (χ1n) is 8.62. The van der Waals surface area contributed by atoms with E-state index in [9.17, 15) is 9.59 Å². The number of rotatable bonds is 4. The molecule has 4 rings (SSSR count). The van der Waals surface area contributed by atoms with Crippen LogP contribution in [0.25, 0.3) is 17.2 Å². The highest BCUT2D eigenvalue weighted by atomic mass is 16.5. The molecular formula is C19H18N4O3. The van der Waals surface area contributed by atoms with Gasteiger partial charge in [-0.2, -0.15) is 9.78 Å². The summed E-state index contributed by atoms with van der Waals surface area (Å²) in [4.78, 5) is 32.1. The fourth-order valence-corrected chi connectivity index (χ4v) is 3.27. The van der Waals surface area contributed by atoms with E-state index >= 15 is 0 Å². The maximum absolute atomic E-state index is 12.4. The lowest BCUT2D eigenvalue weighted by molar-refractivity contribution is 0.0527. The van der Waals surface area contributed by atoms with Crippen LogP contribution in [0.5, 0.6) is 0 Å². The molecule has 0 fully saturated rings. The number of H-pyrrole nitrogens is 1. The molecule has 0 atom stereocenters. The van der Waals surface area contributed by atoms with Crippen molar-refractivity contribution in [3.8, 4) is 17.2 Å². The third-order valence-corrected chi connectivity index (χ3v) is 4.44. The normalized spacial score (nSPS) is 12.8. The van der Waals surface area contributed by atoms with Gasteiger partial charge in [-0.25, -0.2) is 9.78 Å². The zero-order valence-electron chi connectivity index (χ0n) is 14.4. The first-order chi connectivity index (χ1) is 12.7. The summed E-state index contributed by atoms with van der Waals surface area (Å²) in [5.41, 5.74) is 3.07. The summed E-state index contributed by atoms with van der Waals surface area (Å²) >= 11 is 0. The van der Waals surface area contributed by atoms with Crippen LogP contribution in [-0.4, -0.2) is 32.3 Å². The zero-order chi connectivity index (χ0) is 18.1. The Balaban J connectivity index is 1.91. The molecule has 2 heterocycles. The van der Waals surface area contributed by atoms with Crippen molar-refractivity contribution in [3.05, 3.63) is 63.7 Å². The summed E-state index contributed by atoms with van der Waals surface area (Å²) in [7, 11) is 0. The van der Waals surface area contributed by atoms with Crippen molar-refractivity contribution in [2.45, 2.75) is 26.2 Å². The number of hydrogen-bond acceptors (Lipinski definition) is 5. The van der Waals surface area contributed by atoms with E-state index in [0.29, 0.717) is 17.2 Å². The molecule has 3 aromatic rings. The predicted octanol–water partition coefficient (Wildman–Crippen LogP) is 2.29. The van der Waals surface area contributed by atoms with Gasteiger partial charge in [-0.15, -0.1) is 0 Å². The SMILES string of the molecule is CCOC(=O)c1cnn(-c2nc3c(c(=O)[nH]2)CCC3)c1-c1ccccc1. The molecule has 0 saturated heterocycles. The molecule has 1 aliphatic carbocycles. The Morgan fingerprint density at radius 1 is 1.27 bits per heavy atom. The fourth-order valence-electron chi connectivity index (χ4n) is 3.27. The van der Waals surface area contributed by atoms with Gasteiger partial charge < -0.3 is 4.74 Å². The molecule has 132 valence electrons. The lowest BCUT2D eigenvalue weighted by atomic mass is 10.1. The third kappa shape index (κ3) is 2.71.